The molecule has 0 spiro atoms. The highest BCUT2D eigenvalue weighted by Gasteiger charge is 2.30. The van der Waals surface area contributed by atoms with Crippen molar-refractivity contribution in [1.29, 1.82) is 0 Å². The van der Waals surface area contributed by atoms with Crippen molar-refractivity contribution in [2.24, 2.45) is 23.7 Å². The van der Waals surface area contributed by atoms with Crippen molar-refractivity contribution < 1.29 is 22.3 Å². The molecule has 35 heavy (non-hydrogen) atoms. The normalized spacial score (nSPS) is 25.4. The first-order valence-electron chi connectivity index (χ1n) is 14.0. The van der Waals surface area contributed by atoms with Crippen molar-refractivity contribution in [1.82, 2.24) is 0 Å². The topological polar surface area (TPSA) is 9.23 Å². The molecule has 0 aromatic heterocycles. The first kappa shape index (κ1) is 28.1. The van der Waals surface area contributed by atoms with Crippen LogP contribution in [0.4, 0.5) is 17.6 Å². The number of rotatable bonds is 13. The Hall–Kier alpha value is -1.52. The first-order valence-corrected chi connectivity index (χ1v) is 14.0. The summed E-state index contributed by atoms with van der Waals surface area (Å²) in [4.78, 5) is 0. The average Bonchev–Trinajstić information content (AvgIpc) is 2.85. The largest absolute Gasteiger partial charge is 0.429 e. The van der Waals surface area contributed by atoms with Crippen LogP contribution in [-0.2, 0) is 6.42 Å². The van der Waals surface area contributed by atoms with Gasteiger partial charge in [0.1, 0.15) is 0 Å². The van der Waals surface area contributed by atoms with Crippen molar-refractivity contribution in [3.63, 3.8) is 0 Å². The lowest BCUT2D eigenvalue weighted by atomic mass is 9.68. The summed E-state index contributed by atoms with van der Waals surface area (Å²) < 4.78 is 56.5. The molecule has 0 amide bonds. The number of allylic oxidation sites excluding steroid dienone is 2. The van der Waals surface area contributed by atoms with Gasteiger partial charge >= 0.3 is 6.61 Å². The number of alkyl halides is 2. The molecule has 2 saturated carbocycles. The van der Waals surface area contributed by atoms with Crippen LogP contribution in [0.3, 0.4) is 0 Å². The molecule has 198 valence electrons. The van der Waals surface area contributed by atoms with Crippen molar-refractivity contribution >= 4 is 0 Å². The third kappa shape index (κ3) is 9.46. The van der Waals surface area contributed by atoms with Gasteiger partial charge in [0.05, 0.1) is 0 Å². The van der Waals surface area contributed by atoms with Gasteiger partial charge in [0.2, 0.25) is 0 Å². The summed E-state index contributed by atoms with van der Waals surface area (Å²) in [5.74, 6) is 0.147. The maximum atomic E-state index is 14.0. The van der Waals surface area contributed by atoms with Gasteiger partial charge in [0, 0.05) is 0 Å². The van der Waals surface area contributed by atoms with Crippen LogP contribution in [-0.4, -0.2) is 6.61 Å². The Morgan fingerprint density at radius 2 is 1.34 bits per heavy atom. The van der Waals surface area contributed by atoms with Gasteiger partial charge in [-0.25, -0.2) is 8.78 Å². The fourth-order valence-electron chi connectivity index (χ4n) is 6.32. The number of hydrogen-bond donors (Lipinski definition) is 0. The van der Waals surface area contributed by atoms with E-state index >= 15 is 0 Å². The highest BCUT2D eigenvalue weighted by Crippen LogP contribution is 2.43. The molecule has 2 aliphatic rings. The van der Waals surface area contributed by atoms with Crippen LogP contribution in [0.15, 0.2) is 24.3 Å². The van der Waals surface area contributed by atoms with E-state index in [-0.39, 0.29) is 0 Å². The lowest BCUT2D eigenvalue weighted by Gasteiger charge is -2.38. The molecule has 2 fully saturated rings. The zero-order valence-corrected chi connectivity index (χ0v) is 21.4. The van der Waals surface area contributed by atoms with Crippen LogP contribution in [0, 0.1) is 35.3 Å². The monoisotopic (exact) mass is 496 g/mol. The fourth-order valence-corrected chi connectivity index (χ4v) is 6.32. The second-order valence-electron chi connectivity index (χ2n) is 10.9. The summed E-state index contributed by atoms with van der Waals surface area (Å²) in [6.07, 6.45) is 24.4. The van der Waals surface area contributed by atoms with Gasteiger partial charge < -0.3 is 4.74 Å². The number of aryl methyl sites for hydroxylation is 1. The Balaban J connectivity index is 1.31. The summed E-state index contributed by atoms with van der Waals surface area (Å²) in [6, 6.07) is 2.27. The number of unbranched alkanes of at least 4 members (excludes halogenated alkanes) is 3. The van der Waals surface area contributed by atoms with E-state index in [4.69, 9.17) is 0 Å². The molecular weight excluding hydrogens is 452 g/mol. The highest BCUT2D eigenvalue weighted by atomic mass is 19.3. The van der Waals surface area contributed by atoms with E-state index in [2.05, 4.69) is 23.8 Å². The SMILES string of the molecule is CCC/C=C/CCCC[C@H]1CC[C@H]([C@H]2CC[C@H](CCc3cc(F)c(OC(F)F)c(F)c3)CC2)CC1. The smallest absolute Gasteiger partial charge is 0.387 e. The number of benzene rings is 1. The molecule has 0 N–H and O–H groups in total. The van der Waals surface area contributed by atoms with Crippen molar-refractivity contribution in [2.75, 3.05) is 0 Å². The van der Waals surface area contributed by atoms with Gasteiger partial charge in [0.25, 0.3) is 0 Å². The molecule has 2 aliphatic carbocycles. The number of ether oxygens (including phenoxy) is 1. The van der Waals surface area contributed by atoms with E-state index in [0.29, 0.717) is 17.9 Å². The summed E-state index contributed by atoms with van der Waals surface area (Å²) in [5, 5.41) is 0. The van der Waals surface area contributed by atoms with E-state index in [0.717, 1.165) is 36.3 Å². The summed E-state index contributed by atoms with van der Waals surface area (Å²) in [6.45, 7) is -1.02. The Kier molecular flexibility index (Phi) is 11.9. The number of hydrogen-bond acceptors (Lipinski definition) is 1. The highest BCUT2D eigenvalue weighted by molar-refractivity contribution is 5.31. The second kappa shape index (κ2) is 14.9. The lowest BCUT2D eigenvalue weighted by molar-refractivity contribution is -0.0546. The standard InChI is InChI=1S/C30H44F4O/c1-2-3-4-5-6-7-8-9-22-12-16-25(17-13-22)26-18-14-23(15-19-26)10-11-24-20-27(31)29(28(32)21-24)35-30(33)34/h4-5,20-23,25-26,30H,2-3,6-19H2,1H3/b5-4+/t22-,23-,25-,26-. The molecule has 0 saturated heterocycles. The molecule has 1 nitrogen and oxygen atoms in total. The zero-order valence-electron chi connectivity index (χ0n) is 21.4. The summed E-state index contributed by atoms with van der Waals surface area (Å²) >= 11 is 0. The third-order valence-corrected chi connectivity index (χ3v) is 8.41. The Morgan fingerprint density at radius 1 is 0.800 bits per heavy atom. The fraction of sp³-hybridized carbons (Fsp3) is 0.733. The molecule has 1 aromatic carbocycles. The maximum Gasteiger partial charge on any atom is 0.387 e. The summed E-state index contributed by atoms with van der Waals surface area (Å²) in [7, 11) is 0. The van der Waals surface area contributed by atoms with Crippen LogP contribution < -0.4 is 4.74 Å². The molecule has 0 aliphatic heterocycles. The Morgan fingerprint density at radius 3 is 1.89 bits per heavy atom. The molecule has 3 rings (SSSR count). The van der Waals surface area contributed by atoms with E-state index < -0.39 is 24.0 Å². The minimum Gasteiger partial charge on any atom is -0.429 e. The lowest BCUT2D eigenvalue weighted by Crippen LogP contribution is -2.26. The average molecular weight is 497 g/mol. The molecule has 1 aromatic rings. The molecule has 0 heterocycles. The zero-order chi connectivity index (χ0) is 25.0. The van der Waals surface area contributed by atoms with Gasteiger partial charge in [-0.15, -0.1) is 0 Å². The first-order chi connectivity index (χ1) is 17.0. The molecule has 0 atom stereocenters. The molecule has 0 bridgehead atoms. The van der Waals surface area contributed by atoms with Crippen LogP contribution in [0.5, 0.6) is 5.75 Å². The van der Waals surface area contributed by atoms with Gasteiger partial charge in [-0.1, -0.05) is 64.0 Å². The van der Waals surface area contributed by atoms with E-state index in [9.17, 15) is 17.6 Å². The molecule has 0 radical (unpaired) electrons. The van der Waals surface area contributed by atoms with Crippen LogP contribution >= 0.6 is 0 Å². The van der Waals surface area contributed by atoms with E-state index in [1.165, 1.54) is 89.9 Å². The van der Waals surface area contributed by atoms with E-state index in [1.54, 1.807) is 0 Å². The minimum absolute atomic E-state index is 0.513. The van der Waals surface area contributed by atoms with Gasteiger partial charge in [0.15, 0.2) is 17.4 Å². The maximum absolute atomic E-state index is 14.0. The predicted octanol–water partition coefficient (Wildman–Crippen LogP) is 10.0. The molecule has 5 heteroatoms. The Bertz CT molecular complexity index is 739. The quantitative estimate of drug-likeness (QED) is 0.150. The predicted molar refractivity (Wildman–Crippen MR) is 135 cm³/mol. The van der Waals surface area contributed by atoms with Crippen LogP contribution in [0.2, 0.25) is 0 Å². The summed E-state index contributed by atoms with van der Waals surface area (Å²) in [5.41, 5.74) is 0.513. The minimum atomic E-state index is -3.24. The Labute approximate surface area is 209 Å². The van der Waals surface area contributed by atoms with Crippen LogP contribution in [0.25, 0.3) is 0 Å². The van der Waals surface area contributed by atoms with Gasteiger partial charge in [-0.05, 0) is 99.2 Å². The van der Waals surface area contributed by atoms with E-state index in [1.807, 2.05) is 0 Å². The van der Waals surface area contributed by atoms with Crippen molar-refractivity contribution in [3.8, 4) is 5.75 Å². The van der Waals surface area contributed by atoms with Gasteiger partial charge in [-0.2, -0.15) is 8.78 Å². The molecular formula is C30H44F4O. The van der Waals surface area contributed by atoms with Gasteiger partial charge in [-0.3, -0.25) is 0 Å². The molecule has 0 unspecified atom stereocenters. The third-order valence-electron chi connectivity index (χ3n) is 8.41. The van der Waals surface area contributed by atoms with Crippen molar-refractivity contribution in [2.45, 2.75) is 116 Å². The van der Waals surface area contributed by atoms with Crippen LogP contribution in [0.1, 0.15) is 109 Å². The number of halogens is 4. The second-order valence-corrected chi connectivity index (χ2v) is 10.9. The van der Waals surface area contributed by atoms with Crippen molar-refractivity contribution in [3.05, 3.63) is 41.5 Å².